The van der Waals surface area contributed by atoms with Gasteiger partial charge in [-0.15, -0.1) is 11.3 Å². The molecule has 0 saturated carbocycles. The second-order valence-corrected chi connectivity index (χ2v) is 8.57. The number of nitrogens with zero attached hydrogens (tertiary/aromatic N) is 3. The number of carbonyl (C=O) groups is 2. The van der Waals surface area contributed by atoms with Crippen molar-refractivity contribution in [1.82, 2.24) is 14.8 Å². The summed E-state index contributed by atoms with van der Waals surface area (Å²) in [5.74, 6) is -0.631. The first-order chi connectivity index (χ1) is 17.0. The van der Waals surface area contributed by atoms with E-state index in [1.165, 1.54) is 18.4 Å². The van der Waals surface area contributed by atoms with Crippen molar-refractivity contribution in [1.29, 1.82) is 0 Å². The van der Waals surface area contributed by atoms with Gasteiger partial charge in [0.15, 0.2) is 10.8 Å². The zero-order valence-electron chi connectivity index (χ0n) is 18.6. The van der Waals surface area contributed by atoms with E-state index in [0.29, 0.717) is 32.8 Å². The molecule has 0 unspecified atom stereocenters. The van der Waals surface area contributed by atoms with Gasteiger partial charge in [-0.05, 0) is 30.3 Å². The molecule has 5 rings (SSSR count). The Balaban J connectivity index is 1.31. The van der Waals surface area contributed by atoms with Crippen molar-refractivity contribution in [2.75, 3.05) is 10.6 Å². The summed E-state index contributed by atoms with van der Waals surface area (Å²) in [5, 5.41) is 12.9. The maximum absolute atomic E-state index is 12.9. The van der Waals surface area contributed by atoms with Gasteiger partial charge in [-0.25, -0.2) is 9.67 Å². The van der Waals surface area contributed by atoms with Crippen LogP contribution in [0.25, 0.3) is 22.0 Å². The molecule has 5 aromatic rings. The lowest BCUT2D eigenvalue weighted by molar-refractivity contribution is 0.101. The van der Waals surface area contributed by atoms with Crippen LogP contribution in [-0.2, 0) is 7.05 Å². The summed E-state index contributed by atoms with van der Waals surface area (Å²) in [4.78, 5) is 42.1. The van der Waals surface area contributed by atoms with Crippen molar-refractivity contribution in [2.45, 2.75) is 0 Å². The van der Waals surface area contributed by atoms with Crippen LogP contribution < -0.4 is 16.2 Å². The van der Waals surface area contributed by atoms with Crippen molar-refractivity contribution in [3.05, 3.63) is 106 Å². The van der Waals surface area contributed by atoms with E-state index in [-0.39, 0.29) is 17.2 Å². The molecule has 35 heavy (non-hydrogen) atoms. The van der Waals surface area contributed by atoms with Crippen molar-refractivity contribution in [3.63, 3.8) is 0 Å². The van der Waals surface area contributed by atoms with E-state index in [9.17, 15) is 14.4 Å². The van der Waals surface area contributed by atoms with Crippen molar-refractivity contribution in [3.8, 4) is 11.3 Å². The Morgan fingerprint density at radius 3 is 2.26 bits per heavy atom. The molecular weight excluding hydrogens is 462 g/mol. The number of fused-ring (bicyclic) bond motifs is 1. The highest BCUT2D eigenvalue weighted by Crippen LogP contribution is 2.27. The van der Waals surface area contributed by atoms with Gasteiger partial charge in [-0.1, -0.05) is 48.5 Å². The Hall–Kier alpha value is -4.63. The van der Waals surface area contributed by atoms with Gasteiger partial charge in [0.25, 0.3) is 17.4 Å². The number of amides is 2. The largest absolute Gasteiger partial charge is 0.322 e. The molecule has 0 saturated heterocycles. The molecular formula is C26H19N5O3S. The van der Waals surface area contributed by atoms with Crippen molar-refractivity contribution in [2.24, 2.45) is 7.05 Å². The molecule has 0 fully saturated rings. The molecule has 0 atom stereocenters. The lowest BCUT2D eigenvalue weighted by Gasteiger charge is -2.07. The Kier molecular flexibility index (Phi) is 5.90. The van der Waals surface area contributed by atoms with Crippen LogP contribution in [0.1, 0.15) is 20.8 Å². The molecule has 3 aromatic carbocycles. The van der Waals surface area contributed by atoms with Crippen LogP contribution in [0.2, 0.25) is 0 Å². The molecule has 9 heteroatoms. The van der Waals surface area contributed by atoms with E-state index < -0.39 is 5.91 Å². The SMILES string of the molecule is Cn1nc(C(=O)Nc2nc(-c3ccc(NC(=O)c4ccccc4)cc3)cs2)c2ccccc2c1=O. The average Bonchev–Trinajstić information content (AvgIpc) is 3.35. The second-order valence-electron chi connectivity index (χ2n) is 7.71. The zero-order chi connectivity index (χ0) is 24.4. The summed E-state index contributed by atoms with van der Waals surface area (Å²) in [7, 11) is 1.51. The van der Waals surface area contributed by atoms with Crippen LogP contribution in [0, 0.1) is 0 Å². The van der Waals surface area contributed by atoms with Crippen LogP contribution in [-0.4, -0.2) is 26.6 Å². The highest BCUT2D eigenvalue weighted by atomic mass is 32.1. The van der Waals surface area contributed by atoms with Gasteiger partial charge in [-0.2, -0.15) is 5.10 Å². The first-order valence-corrected chi connectivity index (χ1v) is 11.6. The van der Waals surface area contributed by atoms with Gasteiger partial charge in [0.2, 0.25) is 0 Å². The standard InChI is InChI=1S/C26H19N5O3S/c1-31-25(34)20-10-6-5-9-19(20)22(30-31)24(33)29-26-28-21(15-35-26)16-11-13-18(14-12-16)27-23(32)17-7-3-2-4-8-17/h2-15H,1H3,(H,27,32)(H,28,29,33). The number of rotatable bonds is 5. The topological polar surface area (TPSA) is 106 Å². The van der Waals surface area contributed by atoms with E-state index in [0.717, 1.165) is 10.2 Å². The van der Waals surface area contributed by atoms with Crippen LogP contribution in [0.4, 0.5) is 10.8 Å². The van der Waals surface area contributed by atoms with E-state index in [2.05, 4.69) is 20.7 Å². The molecule has 0 aliphatic heterocycles. The molecule has 0 spiro atoms. The van der Waals surface area contributed by atoms with E-state index >= 15 is 0 Å². The summed E-state index contributed by atoms with van der Waals surface area (Å²) in [6.45, 7) is 0. The number of hydrogen-bond donors (Lipinski definition) is 2. The third-order valence-electron chi connectivity index (χ3n) is 5.37. The van der Waals surface area contributed by atoms with E-state index in [1.807, 2.05) is 35.7 Å². The molecule has 8 nitrogen and oxygen atoms in total. The van der Waals surface area contributed by atoms with Gasteiger partial charge in [-0.3, -0.25) is 19.7 Å². The average molecular weight is 482 g/mol. The fourth-order valence-corrected chi connectivity index (χ4v) is 4.32. The summed E-state index contributed by atoms with van der Waals surface area (Å²) >= 11 is 1.28. The van der Waals surface area contributed by atoms with Gasteiger partial charge in [0, 0.05) is 34.6 Å². The molecule has 0 bridgehead atoms. The van der Waals surface area contributed by atoms with Gasteiger partial charge in [0.05, 0.1) is 11.1 Å². The molecule has 172 valence electrons. The Bertz CT molecular complexity index is 1610. The van der Waals surface area contributed by atoms with Crippen molar-refractivity contribution < 1.29 is 9.59 Å². The lowest BCUT2D eigenvalue weighted by Crippen LogP contribution is -2.25. The number of anilines is 2. The number of thiazole rings is 1. The summed E-state index contributed by atoms with van der Waals surface area (Å²) < 4.78 is 1.16. The normalized spacial score (nSPS) is 10.8. The molecule has 0 aliphatic carbocycles. The Morgan fingerprint density at radius 1 is 0.829 bits per heavy atom. The van der Waals surface area contributed by atoms with Gasteiger partial charge in [0.1, 0.15) is 0 Å². The summed E-state index contributed by atoms with van der Waals surface area (Å²) in [6.07, 6.45) is 0. The van der Waals surface area contributed by atoms with Gasteiger partial charge < -0.3 is 5.32 Å². The summed E-state index contributed by atoms with van der Waals surface area (Å²) in [5.41, 5.74) is 2.65. The second kappa shape index (κ2) is 9.32. The number of benzene rings is 3. The third kappa shape index (κ3) is 4.57. The van der Waals surface area contributed by atoms with Crippen molar-refractivity contribution >= 4 is 44.7 Å². The van der Waals surface area contributed by atoms with Crippen LogP contribution in [0.15, 0.2) is 89.0 Å². The molecule has 2 N–H and O–H groups in total. The predicted molar refractivity (Wildman–Crippen MR) is 137 cm³/mol. The third-order valence-corrected chi connectivity index (χ3v) is 6.13. The molecule has 0 aliphatic rings. The van der Waals surface area contributed by atoms with E-state index in [1.54, 1.807) is 48.5 Å². The van der Waals surface area contributed by atoms with Gasteiger partial charge >= 0.3 is 0 Å². The molecule has 2 aromatic heterocycles. The smallest absolute Gasteiger partial charge is 0.278 e. The molecule has 2 heterocycles. The minimum Gasteiger partial charge on any atom is -0.322 e. The fourth-order valence-electron chi connectivity index (χ4n) is 3.60. The fraction of sp³-hybridized carbons (Fsp3) is 0.0385. The van der Waals surface area contributed by atoms with Crippen LogP contribution in [0.3, 0.4) is 0 Å². The van der Waals surface area contributed by atoms with Crippen LogP contribution >= 0.6 is 11.3 Å². The highest BCUT2D eigenvalue weighted by Gasteiger charge is 2.17. The quantitative estimate of drug-likeness (QED) is 0.383. The maximum Gasteiger partial charge on any atom is 0.278 e. The minimum atomic E-state index is -0.448. The maximum atomic E-state index is 12.9. The highest BCUT2D eigenvalue weighted by molar-refractivity contribution is 7.14. The number of aryl methyl sites for hydroxylation is 1. The molecule has 0 radical (unpaired) electrons. The predicted octanol–water partition coefficient (Wildman–Crippen LogP) is 4.56. The Morgan fingerprint density at radius 2 is 1.51 bits per heavy atom. The summed E-state index contributed by atoms with van der Waals surface area (Å²) in [6, 6.07) is 23.2. The molecule has 2 amide bonds. The van der Waals surface area contributed by atoms with E-state index in [4.69, 9.17) is 0 Å². The Labute approximate surface area is 203 Å². The first kappa shape index (κ1) is 22.2. The van der Waals surface area contributed by atoms with Crippen LogP contribution in [0.5, 0.6) is 0 Å². The zero-order valence-corrected chi connectivity index (χ0v) is 19.4. The monoisotopic (exact) mass is 481 g/mol. The number of carbonyl (C=O) groups excluding carboxylic acids is 2. The minimum absolute atomic E-state index is 0.151. The first-order valence-electron chi connectivity index (χ1n) is 10.7. The number of nitrogens with one attached hydrogen (secondary N) is 2. The lowest BCUT2D eigenvalue weighted by atomic mass is 10.1. The number of aromatic nitrogens is 3. The number of hydrogen-bond acceptors (Lipinski definition) is 6.